The largest absolute Gasteiger partial charge is 0.497 e. The Morgan fingerprint density at radius 1 is 0.824 bits per heavy atom. The quantitative estimate of drug-likeness (QED) is 0.442. The monoisotopic (exact) mass is 460 g/mol. The van der Waals surface area contributed by atoms with Crippen molar-refractivity contribution < 1.29 is 19.1 Å². The summed E-state index contributed by atoms with van der Waals surface area (Å²) in [5.41, 5.74) is 2.64. The summed E-state index contributed by atoms with van der Waals surface area (Å²) >= 11 is 0. The summed E-state index contributed by atoms with van der Waals surface area (Å²) < 4.78 is 10.5. The van der Waals surface area contributed by atoms with E-state index < -0.39 is 6.04 Å². The first-order chi connectivity index (χ1) is 16.5. The van der Waals surface area contributed by atoms with Crippen LogP contribution >= 0.6 is 0 Å². The molecule has 0 aliphatic carbocycles. The molecule has 0 spiro atoms. The van der Waals surface area contributed by atoms with Crippen LogP contribution in [0, 0.1) is 0 Å². The molecule has 1 N–H and O–H groups in total. The van der Waals surface area contributed by atoms with Gasteiger partial charge >= 0.3 is 0 Å². The third-order valence-electron chi connectivity index (χ3n) is 5.60. The van der Waals surface area contributed by atoms with Crippen molar-refractivity contribution >= 4 is 11.8 Å². The van der Waals surface area contributed by atoms with Gasteiger partial charge in [0.25, 0.3) is 0 Å². The van der Waals surface area contributed by atoms with Crippen LogP contribution in [0.2, 0.25) is 0 Å². The molecule has 0 heterocycles. The van der Waals surface area contributed by atoms with Crippen LogP contribution in [0.3, 0.4) is 0 Å². The second-order valence-electron chi connectivity index (χ2n) is 8.00. The van der Waals surface area contributed by atoms with Crippen molar-refractivity contribution in [2.24, 2.45) is 0 Å². The van der Waals surface area contributed by atoms with Crippen LogP contribution in [0.5, 0.6) is 11.5 Å². The van der Waals surface area contributed by atoms with Gasteiger partial charge in [0, 0.05) is 19.5 Å². The molecule has 3 aromatic rings. The maximum atomic E-state index is 13.5. The Hall–Kier alpha value is -3.80. The number of benzene rings is 3. The molecule has 0 radical (unpaired) electrons. The second-order valence-corrected chi connectivity index (χ2v) is 8.00. The molecule has 3 rings (SSSR count). The number of ether oxygens (including phenoxy) is 2. The highest BCUT2D eigenvalue weighted by atomic mass is 16.5. The summed E-state index contributed by atoms with van der Waals surface area (Å²) in [5.74, 6) is 1.21. The number of rotatable bonds is 11. The highest BCUT2D eigenvalue weighted by molar-refractivity contribution is 5.88. The summed E-state index contributed by atoms with van der Waals surface area (Å²) in [6.07, 6.45) is 1.07. The molecule has 34 heavy (non-hydrogen) atoms. The zero-order chi connectivity index (χ0) is 24.3. The predicted octanol–water partition coefficient (Wildman–Crippen LogP) is 4.89. The normalized spacial score (nSPS) is 11.4. The molecular weight excluding hydrogens is 428 g/mol. The number of methoxy groups -OCH3 is 2. The standard InChI is InChI=1S/C28H32N2O4/c1-4-8-26(31)30(20-22-13-17-25(34-3)18-14-22)27(23-9-6-5-7-10-23)28(32)29-19-21-11-15-24(33-2)16-12-21/h5-7,9-18,27H,4,8,19-20H2,1-3H3,(H,29,32). The van der Waals surface area contributed by atoms with E-state index in [9.17, 15) is 9.59 Å². The van der Waals surface area contributed by atoms with E-state index in [0.29, 0.717) is 25.9 Å². The molecule has 1 atom stereocenters. The van der Waals surface area contributed by atoms with Gasteiger partial charge in [-0.3, -0.25) is 9.59 Å². The van der Waals surface area contributed by atoms with Crippen molar-refractivity contribution in [3.63, 3.8) is 0 Å². The van der Waals surface area contributed by atoms with Crippen LogP contribution in [0.1, 0.15) is 42.5 Å². The highest BCUT2D eigenvalue weighted by Gasteiger charge is 2.31. The summed E-state index contributed by atoms with van der Waals surface area (Å²) in [7, 11) is 3.23. The Morgan fingerprint density at radius 2 is 1.38 bits per heavy atom. The van der Waals surface area contributed by atoms with E-state index in [0.717, 1.165) is 28.2 Å². The lowest BCUT2D eigenvalue weighted by Crippen LogP contribution is -2.43. The van der Waals surface area contributed by atoms with Crippen LogP contribution in [-0.2, 0) is 22.7 Å². The molecule has 0 aromatic heterocycles. The van der Waals surface area contributed by atoms with Gasteiger partial charge in [0.05, 0.1) is 14.2 Å². The lowest BCUT2D eigenvalue weighted by atomic mass is 10.0. The Balaban J connectivity index is 1.88. The first-order valence-electron chi connectivity index (χ1n) is 11.4. The lowest BCUT2D eigenvalue weighted by molar-refractivity contribution is -0.141. The van der Waals surface area contributed by atoms with E-state index in [1.165, 1.54) is 0 Å². The van der Waals surface area contributed by atoms with Gasteiger partial charge in [0.2, 0.25) is 11.8 Å². The van der Waals surface area contributed by atoms with E-state index in [1.54, 1.807) is 19.1 Å². The third-order valence-corrected chi connectivity index (χ3v) is 5.60. The molecule has 3 aromatic carbocycles. The molecule has 6 heteroatoms. The molecule has 0 saturated heterocycles. The Bertz CT molecular complexity index is 1050. The molecule has 0 bridgehead atoms. The Morgan fingerprint density at radius 3 is 1.91 bits per heavy atom. The fourth-order valence-corrected chi connectivity index (χ4v) is 3.75. The summed E-state index contributed by atoms with van der Waals surface area (Å²) in [5, 5.41) is 3.02. The van der Waals surface area contributed by atoms with Crippen LogP contribution in [0.4, 0.5) is 0 Å². The fourth-order valence-electron chi connectivity index (χ4n) is 3.75. The van der Waals surface area contributed by atoms with Gasteiger partial charge in [-0.1, -0.05) is 61.5 Å². The molecule has 1 unspecified atom stereocenters. The Labute approximate surface area is 201 Å². The predicted molar refractivity (Wildman–Crippen MR) is 132 cm³/mol. The van der Waals surface area contributed by atoms with Gasteiger partial charge in [-0.2, -0.15) is 0 Å². The first kappa shape index (κ1) is 24.8. The van der Waals surface area contributed by atoms with Crippen molar-refractivity contribution in [3.05, 3.63) is 95.6 Å². The average molecular weight is 461 g/mol. The van der Waals surface area contributed by atoms with Gasteiger partial charge in [-0.25, -0.2) is 0 Å². The van der Waals surface area contributed by atoms with Crippen LogP contribution in [-0.4, -0.2) is 30.9 Å². The van der Waals surface area contributed by atoms with Gasteiger partial charge in [0.15, 0.2) is 0 Å². The first-order valence-corrected chi connectivity index (χ1v) is 11.4. The zero-order valence-electron chi connectivity index (χ0n) is 20.0. The van der Waals surface area contributed by atoms with Gasteiger partial charge in [-0.15, -0.1) is 0 Å². The number of carbonyl (C=O) groups excluding carboxylic acids is 2. The SMILES string of the molecule is CCCC(=O)N(Cc1ccc(OC)cc1)C(C(=O)NCc1ccc(OC)cc1)c1ccccc1. The number of amides is 2. The molecule has 6 nitrogen and oxygen atoms in total. The minimum atomic E-state index is -0.749. The van der Waals surface area contributed by atoms with Crippen molar-refractivity contribution in [2.75, 3.05) is 14.2 Å². The molecule has 2 amide bonds. The molecular formula is C28H32N2O4. The second kappa shape index (κ2) is 12.4. The van der Waals surface area contributed by atoms with E-state index in [4.69, 9.17) is 9.47 Å². The fraction of sp³-hybridized carbons (Fsp3) is 0.286. The maximum Gasteiger partial charge on any atom is 0.247 e. The van der Waals surface area contributed by atoms with E-state index in [1.807, 2.05) is 85.8 Å². The van der Waals surface area contributed by atoms with Crippen molar-refractivity contribution in [1.29, 1.82) is 0 Å². The van der Waals surface area contributed by atoms with E-state index in [2.05, 4.69) is 5.32 Å². The Kier molecular flexibility index (Phi) is 9.09. The molecule has 0 aliphatic heterocycles. The van der Waals surface area contributed by atoms with Gasteiger partial charge < -0.3 is 19.7 Å². The minimum Gasteiger partial charge on any atom is -0.497 e. The number of hydrogen-bond donors (Lipinski definition) is 1. The van der Waals surface area contributed by atoms with Crippen LogP contribution in [0.15, 0.2) is 78.9 Å². The van der Waals surface area contributed by atoms with Crippen LogP contribution in [0.25, 0.3) is 0 Å². The van der Waals surface area contributed by atoms with Gasteiger partial charge in [0.1, 0.15) is 17.5 Å². The van der Waals surface area contributed by atoms with Crippen molar-refractivity contribution in [1.82, 2.24) is 10.2 Å². The summed E-state index contributed by atoms with van der Waals surface area (Å²) in [6.45, 7) is 2.63. The number of carbonyl (C=O) groups is 2. The molecule has 178 valence electrons. The minimum absolute atomic E-state index is 0.0632. The maximum absolute atomic E-state index is 13.5. The average Bonchev–Trinajstić information content (AvgIpc) is 2.88. The van der Waals surface area contributed by atoms with Gasteiger partial charge in [-0.05, 0) is 47.4 Å². The lowest BCUT2D eigenvalue weighted by Gasteiger charge is -2.31. The third kappa shape index (κ3) is 6.61. The van der Waals surface area contributed by atoms with Crippen molar-refractivity contribution in [3.8, 4) is 11.5 Å². The number of hydrogen-bond acceptors (Lipinski definition) is 4. The van der Waals surface area contributed by atoms with E-state index >= 15 is 0 Å². The van der Waals surface area contributed by atoms with Crippen LogP contribution < -0.4 is 14.8 Å². The number of nitrogens with one attached hydrogen (secondary N) is 1. The molecule has 0 fully saturated rings. The molecule has 0 saturated carbocycles. The van der Waals surface area contributed by atoms with Crippen molar-refractivity contribution in [2.45, 2.75) is 38.9 Å². The summed E-state index contributed by atoms with van der Waals surface area (Å²) in [4.78, 5) is 28.4. The highest BCUT2D eigenvalue weighted by Crippen LogP contribution is 2.26. The van der Waals surface area contributed by atoms with E-state index in [-0.39, 0.29) is 11.8 Å². The number of nitrogens with zero attached hydrogens (tertiary/aromatic N) is 1. The smallest absolute Gasteiger partial charge is 0.247 e. The topological polar surface area (TPSA) is 67.9 Å². The molecule has 0 aliphatic rings. The zero-order valence-corrected chi connectivity index (χ0v) is 20.0. The summed E-state index contributed by atoms with van der Waals surface area (Å²) in [6, 6.07) is 23.8.